The van der Waals surface area contributed by atoms with Gasteiger partial charge in [-0.2, -0.15) is 0 Å². The lowest BCUT2D eigenvalue weighted by molar-refractivity contribution is 0.0923. The number of halogens is 1. The van der Waals surface area contributed by atoms with Gasteiger partial charge in [0.05, 0.1) is 6.61 Å². The maximum absolute atomic E-state index is 5.75. The zero-order valence-corrected chi connectivity index (χ0v) is 13.8. The molecule has 3 nitrogen and oxygen atoms in total. The molecule has 0 amide bonds. The molecule has 0 bridgehead atoms. The van der Waals surface area contributed by atoms with Crippen LogP contribution in [0.5, 0.6) is 0 Å². The van der Waals surface area contributed by atoms with E-state index in [9.17, 15) is 0 Å². The number of ether oxygens (including phenoxy) is 1. The molecule has 112 valence electrons. The van der Waals surface area contributed by atoms with Crippen molar-refractivity contribution >= 4 is 15.9 Å². The zero-order valence-electron chi connectivity index (χ0n) is 12.2. The number of aryl methyl sites for hydroxylation is 1. The number of rotatable bonds is 7. The smallest absolute Gasteiger partial charge is 0.130 e. The molecule has 4 heteroatoms. The van der Waals surface area contributed by atoms with Gasteiger partial charge in [-0.3, -0.25) is 0 Å². The molecule has 0 atom stereocenters. The highest BCUT2D eigenvalue weighted by Crippen LogP contribution is 2.21. The van der Waals surface area contributed by atoms with Crippen LogP contribution < -0.4 is 5.32 Å². The molecule has 1 saturated carbocycles. The van der Waals surface area contributed by atoms with Gasteiger partial charge in [0, 0.05) is 22.6 Å². The third-order valence-corrected chi connectivity index (χ3v) is 4.19. The highest BCUT2D eigenvalue weighted by molar-refractivity contribution is 9.10. The number of hydrogen-bond donors (Lipinski definition) is 1. The molecule has 21 heavy (non-hydrogen) atoms. The van der Waals surface area contributed by atoms with Gasteiger partial charge in [0.15, 0.2) is 0 Å². The van der Waals surface area contributed by atoms with E-state index in [2.05, 4.69) is 39.4 Å². The second-order valence-corrected chi connectivity index (χ2v) is 6.48. The van der Waals surface area contributed by atoms with Crippen molar-refractivity contribution in [2.24, 2.45) is 0 Å². The predicted octanol–water partition coefficient (Wildman–Crippen LogP) is 4.32. The third-order valence-electron chi connectivity index (χ3n) is 3.66. The average molecular weight is 350 g/mol. The summed E-state index contributed by atoms with van der Waals surface area (Å²) in [5.41, 5.74) is 2.40. The summed E-state index contributed by atoms with van der Waals surface area (Å²) < 4.78 is 12.6. The SMILES string of the molecule is Cc1oc(COCc2ccc(Br)cc2)cc1CNC1CC1. The number of nitrogens with one attached hydrogen (secondary N) is 1. The molecule has 0 aliphatic heterocycles. The number of benzene rings is 1. The van der Waals surface area contributed by atoms with Gasteiger partial charge in [-0.1, -0.05) is 28.1 Å². The molecule has 3 rings (SSSR count). The predicted molar refractivity (Wildman–Crippen MR) is 85.9 cm³/mol. The summed E-state index contributed by atoms with van der Waals surface area (Å²) in [4.78, 5) is 0. The van der Waals surface area contributed by atoms with E-state index in [1.807, 2.05) is 19.1 Å². The minimum Gasteiger partial charge on any atom is -0.464 e. The molecule has 1 aromatic carbocycles. The van der Waals surface area contributed by atoms with E-state index in [1.54, 1.807) is 0 Å². The Morgan fingerprint density at radius 3 is 2.71 bits per heavy atom. The Balaban J connectivity index is 1.48. The quantitative estimate of drug-likeness (QED) is 0.808. The second-order valence-electron chi connectivity index (χ2n) is 5.57. The van der Waals surface area contributed by atoms with E-state index in [4.69, 9.17) is 9.15 Å². The van der Waals surface area contributed by atoms with Gasteiger partial charge < -0.3 is 14.5 Å². The lowest BCUT2D eigenvalue weighted by Gasteiger charge is -2.02. The Hall–Kier alpha value is -1.10. The lowest BCUT2D eigenvalue weighted by Crippen LogP contribution is -2.15. The van der Waals surface area contributed by atoms with Crippen LogP contribution in [-0.2, 0) is 24.5 Å². The second kappa shape index (κ2) is 6.77. The average Bonchev–Trinajstić information content (AvgIpc) is 3.23. The summed E-state index contributed by atoms with van der Waals surface area (Å²) in [6.07, 6.45) is 2.61. The van der Waals surface area contributed by atoms with Crippen molar-refractivity contribution in [3.8, 4) is 0 Å². The van der Waals surface area contributed by atoms with E-state index < -0.39 is 0 Å². The Morgan fingerprint density at radius 1 is 1.24 bits per heavy atom. The molecule has 0 saturated heterocycles. The summed E-state index contributed by atoms with van der Waals surface area (Å²) in [5, 5.41) is 3.51. The molecule has 1 N–H and O–H groups in total. The maximum Gasteiger partial charge on any atom is 0.130 e. The van der Waals surface area contributed by atoms with Crippen LogP contribution in [0.15, 0.2) is 39.2 Å². The first-order valence-electron chi connectivity index (χ1n) is 7.34. The van der Waals surface area contributed by atoms with Crippen molar-refractivity contribution in [1.29, 1.82) is 0 Å². The van der Waals surface area contributed by atoms with E-state index in [0.717, 1.165) is 34.1 Å². The van der Waals surface area contributed by atoms with Crippen LogP contribution in [0.2, 0.25) is 0 Å². The van der Waals surface area contributed by atoms with Gasteiger partial charge in [-0.05, 0) is 43.5 Å². The van der Waals surface area contributed by atoms with Crippen molar-refractivity contribution in [3.05, 3.63) is 57.5 Å². The van der Waals surface area contributed by atoms with Crippen LogP contribution in [0.4, 0.5) is 0 Å². The van der Waals surface area contributed by atoms with Gasteiger partial charge in [0.2, 0.25) is 0 Å². The van der Waals surface area contributed by atoms with E-state index >= 15 is 0 Å². The normalized spacial score (nSPS) is 14.6. The summed E-state index contributed by atoms with van der Waals surface area (Å²) in [6.45, 7) is 4.03. The van der Waals surface area contributed by atoms with Crippen molar-refractivity contribution in [2.45, 2.75) is 45.6 Å². The molecular weight excluding hydrogens is 330 g/mol. The van der Waals surface area contributed by atoms with Gasteiger partial charge in [0.25, 0.3) is 0 Å². The summed E-state index contributed by atoms with van der Waals surface area (Å²) >= 11 is 3.43. The fraction of sp³-hybridized carbons (Fsp3) is 0.412. The van der Waals surface area contributed by atoms with Gasteiger partial charge in [-0.25, -0.2) is 0 Å². The maximum atomic E-state index is 5.75. The molecule has 0 spiro atoms. The standard InChI is InChI=1S/C17H20BrNO2/c1-12-14(9-19-16-6-7-16)8-17(21-12)11-20-10-13-2-4-15(18)5-3-13/h2-5,8,16,19H,6-7,9-11H2,1H3. The number of hydrogen-bond acceptors (Lipinski definition) is 3. The fourth-order valence-corrected chi connectivity index (χ4v) is 2.49. The van der Waals surface area contributed by atoms with E-state index in [1.165, 1.54) is 18.4 Å². The minimum absolute atomic E-state index is 0.514. The van der Waals surface area contributed by atoms with Crippen molar-refractivity contribution in [3.63, 3.8) is 0 Å². The van der Waals surface area contributed by atoms with Crippen LogP contribution in [0.3, 0.4) is 0 Å². The zero-order chi connectivity index (χ0) is 14.7. The third kappa shape index (κ3) is 4.43. The Morgan fingerprint density at radius 2 is 2.00 bits per heavy atom. The molecule has 0 unspecified atom stereocenters. The highest BCUT2D eigenvalue weighted by Gasteiger charge is 2.20. The minimum atomic E-state index is 0.514. The molecule has 1 aliphatic rings. The number of furan rings is 1. The fourth-order valence-electron chi connectivity index (χ4n) is 2.23. The first kappa shape index (κ1) is 14.8. The van der Waals surface area contributed by atoms with Crippen molar-refractivity contribution in [1.82, 2.24) is 5.32 Å². The Kier molecular flexibility index (Phi) is 4.78. The van der Waals surface area contributed by atoms with Crippen LogP contribution >= 0.6 is 15.9 Å². The van der Waals surface area contributed by atoms with Gasteiger partial charge in [-0.15, -0.1) is 0 Å². The Bertz CT molecular complexity index is 587. The largest absolute Gasteiger partial charge is 0.464 e. The molecule has 1 heterocycles. The van der Waals surface area contributed by atoms with Gasteiger partial charge >= 0.3 is 0 Å². The molecule has 1 aliphatic carbocycles. The van der Waals surface area contributed by atoms with Crippen LogP contribution in [0.1, 0.15) is 35.5 Å². The lowest BCUT2D eigenvalue weighted by atomic mass is 10.2. The van der Waals surface area contributed by atoms with E-state index in [-0.39, 0.29) is 0 Å². The molecule has 2 aromatic rings. The first-order valence-corrected chi connectivity index (χ1v) is 8.14. The molecule has 1 aromatic heterocycles. The highest BCUT2D eigenvalue weighted by atomic mass is 79.9. The first-order chi connectivity index (χ1) is 10.2. The Labute approximate surface area is 133 Å². The van der Waals surface area contributed by atoms with E-state index in [0.29, 0.717) is 13.2 Å². The summed E-state index contributed by atoms with van der Waals surface area (Å²) in [6, 6.07) is 11.0. The van der Waals surface area contributed by atoms with Crippen molar-refractivity contribution in [2.75, 3.05) is 0 Å². The van der Waals surface area contributed by atoms with Crippen LogP contribution in [0, 0.1) is 6.92 Å². The summed E-state index contributed by atoms with van der Waals surface area (Å²) in [5.74, 6) is 1.89. The van der Waals surface area contributed by atoms with Crippen molar-refractivity contribution < 1.29 is 9.15 Å². The van der Waals surface area contributed by atoms with Crippen LogP contribution in [-0.4, -0.2) is 6.04 Å². The van der Waals surface area contributed by atoms with Gasteiger partial charge in [0.1, 0.15) is 18.1 Å². The monoisotopic (exact) mass is 349 g/mol. The summed E-state index contributed by atoms with van der Waals surface area (Å²) in [7, 11) is 0. The molecular formula is C17H20BrNO2. The topological polar surface area (TPSA) is 34.4 Å². The van der Waals surface area contributed by atoms with Crippen LogP contribution in [0.25, 0.3) is 0 Å². The molecule has 0 radical (unpaired) electrons. The molecule has 1 fully saturated rings.